The summed E-state index contributed by atoms with van der Waals surface area (Å²) in [6.45, 7) is 1.67. The van der Waals surface area contributed by atoms with Crippen LogP contribution < -0.4 is 4.74 Å². The molecule has 0 radical (unpaired) electrons. The van der Waals surface area contributed by atoms with Gasteiger partial charge in [-0.1, -0.05) is 6.07 Å². The molecule has 26 heavy (non-hydrogen) atoms. The van der Waals surface area contributed by atoms with Gasteiger partial charge < -0.3 is 9.84 Å². The Kier molecular flexibility index (Phi) is 4.64. The van der Waals surface area contributed by atoms with E-state index in [2.05, 4.69) is 0 Å². The maximum atomic E-state index is 14.6. The molecule has 7 heteroatoms. The topological polar surface area (TPSA) is 46.5 Å². The van der Waals surface area contributed by atoms with Crippen LogP contribution >= 0.6 is 0 Å². The second-order valence-electron chi connectivity index (χ2n) is 6.22. The van der Waals surface area contributed by atoms with Gasteiger partial charge in [-0.3, -0.25) is 4.79 Å². The Hall–Kier alpha value is -2.57. The lowest BCUT2D eigenvalue weighted by atomic mass is 9.86. The van der Waals surface area contributed by atoms with E-state index < -0.39 is 35.0 Å². The first kappa shape index (κ1) is 18.2. The molecule has 0 bridgehead atoms. The molecule has 0 amide bonds. The van der Waals surface area contributed by atoms with Crippen LogP contribution in [-0.4, -0.2) is 17.7 Å². The van der Waals surface area contributed by atoms with Crippen LogP contribution in [0.5, 0.6) is 5.75 Å². The highest BCUT2D eigenvalue weighted by Gasteiger charge is 2.38. The predicted molar refractivity (Wildman–Crippen MR) is 86.7 cm³/mol. The van der Waals surface area contributed by atoms with Gasteiger partial charge in [-0.05, 0) is 60.7 Å². The molecule has 0 fully saturated rings. The second-order valence-corrected chi connectivity index (χ2v) is 6.22. The lowest BCUT2D eigenvalue weighted by Gasteiger charge is -2.22. The van der Waals surface area contributed by atoms with Gasteiger partial charge in [0.1, 0.15) is 11.6 Å². The molecule has 0 aromatic heterocycles. The zero-order chi connectivity index (χ0) is 19.1. The van der Waals surface area contributed by atoms with Gasteiger partial charge >= 0.3 is 12.1 Å². The van der Waals surface area contributed by atoms with Crippen LogP contribution in [0.4, 0.5) is 17.6 Å². The summed E-state index contributed by atoms with van der Waals surface area (Å²) in [6, 6.07) is 5.94. The van der Waals surface area contributed by atoms with Gasteiger partial charge in [0, 0.05) is 5.56 Å². The first-order valence-electron chi connectivity index (χ1n) is 8.08. The summed E-state index contributed by atoms with van der Waals surface area (Å²) >= 11 is 0. The zero-order valence-corrected chi connectivity index (χ0v) is 13.9. The number of hydrogen-bond acceptors (Lipinski definition) is 2. The van der Waals surface area contributed by atoms with Crippen LogP contribution in [0, 0.1) is 5.82 Å². The van der Waals surface area contributed by atoms with Gasteiger partial charge in [-0.2, -0.15) is 13.2 Å². The summed E-state index contributed by atoms with van der Waals surface area (Å²) in [5.41, 5.74) is -1.07. The third kappa shape index (κ3) is 3.25. The van der Waals surface area contributed by atoms with E-state index in [0.29, 0.717) is 24.8 Å². The van der Waals surface area contributed by atoms with Gasteiger partial charge in [-0.15, -0.1) is 0 Å². The first-order valence-corrected chi connectivity index (χ1v) is 8.08. The monoisotopic (exact) mass is 368 g/mol. The molecule has 0 spiro atoms. The van der Waals surface area contributed by atoms with Crippen LogP contribution in [0.3, 0.4) is 0 Å². The van der Waals surface area contributed by atoms with E-state index in [9.17, 15) is 27.5 Å². The van der Waals surface area contributed by atoms with E-state index in [4.69, 9.17) is 4.74 Å². The molecular weight excluding hydrogens is 352 g/mol. The number of ether oxygens (including phenoxy) is 1. The minimum absolute atomic E-state index is 0.209. The molecule has 1 N–H and O–H groups in total. The third-order valence-corrected chi connectivity index (χ3v) is 4.50. The Morgan fingerprint density at radius 2 is 1.96 bits per heavy atom. The number of rotatable bonds is 3. The fourth-order valence-corrected chi connectivity index (χ4v) is 3.22. The number of hydrogen-bond donors (Lipinski definition) is 1. The molecule has 3 nitrogen and oxygen atoms in total. The first-order chi connectivity index (χ1) is 12.2. The molecule has 2 aromatic carbocycles. The molecule has 3 rings (SSSR count). The van der Waals surface area contributed by atoms with Crippen LogP contribution in [0.1, 0.15) is 36.0 Å². The van der Waals surface area contributed by atoms with Crippen molar-refractivity contribution in [2.45, 2.75) is 31.9 Å². The Bertz CT molecular complexity index is 859. The lowest BCUT2D eigenvalue weighted by Crippen LogP contribution is -2.18. The highest BCUT2D eigenvalue weighted by atomic mass is 19.4. The summed E-state index contributed by atoms with van der Waals surface area (Å²) in [6.07, 6.45) is -3.38. The molecule has 0 saturated carbocycles. The molecule has 138 valence electrons. The van der Waals surface area contributed by atoms with Crippen molar-refractivity contribution in [3.63, 3.8) is 0 Å². The number of benzene rings is 2. The Balaban J connectivity index is 2.28. The average Bonchev–Trinajstić information content (AvgIpc) is 2.59. The van der Waals surface area contributed by atoms with E-state index in [1.54, 1.807) is 12.1 Å². The number of carboxylic acid groups (broad SMARTS) is 1. The molecule has 1 aliphatic heterocycles. The Morgan fingerprint density at radius 1 is 1.23 bits per heavy atom. The number of aliphatic carboxylic acids is 1. The van der Waals surface area contributed by atoms with Gasteiger partial charge in [0.25, 0.3) is 0 Å². The van der Waals surface area contributed by atoms with E-state index in [-0.39, 0.29) is 11.1 Å². The van der Waals surface area contributed by atoms with Gasteiger partial charge in [0.05, 0.1) is 18.1 Å². The summed E-state index contributed by atoms with van der Waals surface area (Å²) in [7, 11) is 0. The summed E-state index contributed by atoms with van der Waals surface area (Å²) in [5, 5.41) is 9.27. The normalized spacial score (nSPS) is 15.1. The van der Waals surface area contributed by atoms with Crippen LogP contribution in [0.15, 0.2) is 30.3 Å². The fraction of sp³-hybridized carbons (Fsp3) is 0.316. The van der Waals surface area contributed by atoms with E-state index in [0.717, 1.165) is 25.0 Å². The lowest BCUT2D eigenvalue weighted by molar-refractivity contribution is -0.141. The molecule has 2 aromatic rings. The molecule has 0 aliphatic carbocycles. The highest BCUT2D eigenvalue weighted by molar-refractivity contribution is 5.82. The van der Waals surface area contributed by atoms with E-state index in [1.165, 1.54) is 6.07 Å². The van der Waals surface area contributed by atoms with E-state index >= 15 is 0 Å². The smallest absolute Gasteiger partial charge is 0.416 e. The van der Waals surface area contributed by atoms with Crippen molar-refractivity contribution in [2.75, 3.05) is 6.61 Å². The molecule has 1 atom stereocenters. The number of aryl methyl sites for hydroxylation is 1. The van der Waals surface area contributed by atoms with Crippen LogP contribution in [-0.2, 0) is 17.4 Å². The van der Waals surface area contributed by atoms with Crippen molar-refractivity contribution in [3.8, 4) is 16.9 Å². The summed E-state index contributed by atoms with van der Waals surface area (Å²) in [4.78, 5) is 11.4. The van der Waals surface area contributed by atoms with Crippen LogP contribution in [0.25, 0.3) is 11.1 Å². The molecular formula is C19H16F4O3. The third-order valence-electron chi connectivity index (χ3n) is 4.50. The fourth-order valence-electron chi connectivity index (χ4n) is 3.22. The van der Waals surface area contributed by atoms with Crippen molar-refractivity contribution in [1.82, 2.24) is 0 Å². The van der Waals surface area contributed by atoms with Gasteiger partial charge in [0.2, 0.25) is 0 Å². The minimum atomic E-state index is -4.79. The van der Waals surface area contributed by atoms with Gasteiger partial charge in [-0.25, -0.2) is 4.39 Å². The van der Waals surface area contributed by atoms with Crippen molar-refractivity contribution in [3.05, 3.63) is 52.8 Å². The number of halogens is 4. The zero-order valence-electron chi connectivity index (χ0n) is 13.9. The number of fused-ring (bicyclic) bond motifs is 1. The molecule has 1 aliphatic rings. The van der Waals surface area contributed by atoms with E-state index in [1.807, 2.05) is 0 Å². The Labute approximate surface area is 147 Å². The minimum Gasteiger partial charge on any atom is -0.493 e. The number of carbonyl (C=O) groups is 1. The predicted octanol–water partition coefficient (Wildman–Crippen LogP) is 5.02. The SMILES string of the molecule is CC(C(=O)O)c1c(C(F)(F)F)ccc(F)c1-c1ccc2c(c1)CCCO2. The van der Waals surface area contributed by atoms with Crippen LogP contribution in [0.2, 0.25) is 0 Å². The van der Waals surface area contributed by atoms with Crippen molar-refractivity contribution in [1.29, 1.82) is 0 Å². The number of carboxylic acids is 1. The quantitative estimate of drug-likeness (QED) is 0.774. The summed E-state index contributed by atoms with van der Waals surface area (Å²) in [5.74, 6) is -3.26. The maximum absolute atomic E-state index is 14.6. The van der Waals surface area contributed by atoms with Crippen molar-refractivity contribution in [2.24, 2.45) is 0 Å². The Morgan fingerprint density at radius 3 is 2.62 bits per heavy atom. The molecule has 0 saturated heterocycles. The molecule has 1 heterocycles. The second kappa shape index (κ2) is 6.63. The average molecular weight is 368 g/mol. The van der Waals surface area contributed by atoms with Crippen molar-refractivity contribution >= 4 is 5.97 Å². The highest BCUT2D eigenvalue weighted by Crippen LogP contribution is 2.42. The molecule has 1 unspecified atom stereocenters. The number of alkyl halides is 3. The maximum Gasteiger partial charge on any atom is 0.416 e. The van der Waals surface area contributed by atoms with Gasteiger partial charge in [0.15, 0.2) is 0 Å². The summed E-state index contributed by atoms with van der Waals surface area (Å²) < 4.78 is 60.4. The standard InChI is InChI=1S/C19H16F4O3/c1-10(18(24)25)16-13(19(21,22)23)5-6-14(20)17(16)12-4-7-15-11(9-12)3-2-8-26-15/h4-7,9-10H,2-3,8H2,1H3,(H,24,25). The van der Waals surface area contributed by atoms with Crippen molar-refractivity contribution < 1.29 is 32.2 Å². The largest absolute Gasteiger partial charge is 0.493 e.